The molecular weight excluding hydrogens is 298 g/mol. The molecule has 0 aliphatic heterocycles. The lowest BCUT2D eigenvalue weighted by molar-refractivity contribution is -0.123. The molecule has 0 aromatic heterocycles. The van der Waals surface area contributed by atoms with E-state index in [1.165, 1.54) is 6.92 Å². The number of nitrogens with one attached hydrogen (secondary N) is 1. The van der Waals surface area contributed by atoms with Gasteiger partial charge < -0.3 is 15.2 Å². The summed E-state index contributed by atoms with van der Waals surface area (Å²) in [6.45, 7) is 5.59. The van der Waals surface area contributed by atoms with Crippen LogP contribution in [-0.4, -0.2) is 35.4 Å². The summed E-state index contributed by atoms with van der Waals surface area (Å²) in [7, 11) is 0. The largest absolute Gasteiger partial charge is 0.391 e. The summed E-state index contributed by atoms with van der Waals surface area (Å²) >= 11 is 3.40. The third-order valence-electron chi connectivity index (χ3n) is 3.15. The average molecular weight is 320 g/mol. The van der Waals surface area contributed by atoms with Gasteiger partial charge in [-0.05, 0) is 23.4 Å². The number of carbonyl (C=O) groups excluding carboxylic acids is 1. The van der Waals surface area contributed by atoms with Crippen LogP contribution in [0.4, 0.5) is 0 Å². The Kier molecular flexibility index (Phi) is 6.32. The molecule has 104 valence electrons. The molecule has 2 N–H and O–H groups in total. The van der Waals surface area contributed by atoms with Crippen molar-refractivity contribution in [2.45, 2.75) is 64.4 Å². The number of aliphatic hydroxyl groups excluding tert-OH is 1. The van der Waals surface area contributed by atoms with E-state index < -0.39 is 6.10 Å². The summed E-state index contributed by atoms with van der Waals surface area (Å²) in [5.41, 5.74) is 0. The summed E-state index contributed by atoms with van der Waals surface area (Å²) in [6, 6.07) is -0.371. The Labute approximate surface area is 117 Å². The fourth-order valence-corrected chi connectivity index (χ4v) is 2.73. The molecule has 4 nitrogen and oxygen atoms in total. The monoisotopic (exact) mass is 319 g/mol. The van der Waals surface area contributed by atoms with Gasteiger partial charge in [0.2, 0.25) is 5.91 Å². The number of halogens is 1. The fraction of sp³-hybridized carbons (Fsp3) is 0.769. The molecular formula is C13H22BrNO3. The van der Waals surface area contributed by atoms with Gasteiger partial charge in [0.1, 0.15) is 0 Å². The predicted octanol–water partition coefficient (Wildman–Crippen LogP) is 2.11. The molecule has 3 unspecified atom stereocenters. The molecule has 0 bridgehead atoms. The van der Waals surface area contributed by atoms with Gasteiger partial charge in [-0.25, -0.2) is 0 Å². The lowest BCUT2D eigenvalue weighted by Gasteiger charge is -2.35. The fourth-order valence-electron chi connectivity index (χ4n) is 2.14. The SMILES string of the molecule is CCC(CC)OC1C=C(Br)CC(O)C1NC(C)=O. The van der Waals surface area contributed by atoms with Crippen molar-refractivity contribution < 1.29 is 14.6 Å². The van der Waals surface area contributed by atoms with Crippen molar-refractivity contribution in [3.63, 3.8) is 0 Å². The molecule has 0 aromatic rings. The van der Waals surface area contributed by atoms with E-state index >= 15 is 0 Å². The van der Waals surface area contributed by atoms with E-state index in [2.05, 4.69) is 35.1 Å². The quantitative estimate of drug-likeness (QED) is 0.816. The molecule has 0 aromatic carbocycles. The molecule has 1 aliphatic rings. The average Bonchev–Trinajstić information content (AvgIpc) is 2.29. The number of hydrogen-bond donors (Lipinski definition) is 2. The maximum absolute atomic E-state index is 11.2. The Bertz CT molecular complexity index is 315. The number of ether oxygens (including phenoxy) is 1. The normalized spacial score (nSPS) is 28.1. The Morgan fingerprint density at radius 2 is 2.22 bits per heavy atom. The Balaban J connectivity index is 2.79. The molecule has 5 heteroatoms. The summed E-state index contributed by atoms with van der Waals surface area (Å²) in [5.74, 6) is -0.149. The zero-order valence-electron chi connectivity index (χ0n) is 11.1. The van der Waals surface area contributed by atoms with Crippen molar-refractivity contribution in [3.8, 4) is 0 Å². The second-order valence-corrected chi connectivity index (χ2v) is 5.67. The molecule has 0 heterocycles. The number of hydrogen-bond acceptors (Lipinski definition) is 3. The predicted molar refractivity (Wildman–Crippen MR) is 74.5 cm³/mol. The number of rotatable bonds is 5. The molecule has 1 amide bonds. The maximum Gasteiger partial charge on any atom is 0.217 e. The van der Waals surface area contributed by atoms with Crippen molar-refractivity contribution in [2.75, 3.05) is 0 Å². The van der Waals surface area contributed by atoms with Crippen LogP contribution in [0.25, 0.3) is 0 Å². The van der Waals surface area contributed by atoms with Crippen LogP contribution < -0.4 is 5.32 Å². The van der Waals surface area contributed by atoms with Gasteiger partial charge in [0.25, 0.3) is 0 Å². The van der Waals surface area contributed by atoms with Crippen molar-refractivity contribution in [1.29, 1.82) is 0 Å². The molecule has 1 rings (SSSR count). The molecule has 18 heavy (non-hydrogen) atoms. The highest BCUT2D eigenvalue weighted by Crippen LogP contribution is 2.27. The molecule has 0 fully saturated rings. The Hall–Kier alpha value is -0.390. The highest BCUT2D eigenvalue weighted by Gasteiger charge is 2.34. The smallest absolute Gasteiger partial charge is 0.217 e. The minimum absolute atomic E-state index is 0.146. The zero-order chi connectivity index (χ0) is 13.7. The van der Waals surface area contributed by atoms with Gasteiger partial charge in [-0.3, -0.25) is 4.79 Å². The Morgan fingerprint density at radius 1 is 1.61 bits per heavy atom. The maximum atomic E-state index is 11.2. The van der Waals surface area contributed by atoms with Crippen molar-refractivity contribution >= 4 is 21.8 Å². The van der Waals surface area contributed by atoms with Crippen molar-refractivity contribution in [2.24, 2.45) is 0 Å². The summed E-state index contributed by atoms with van der Waals surface area (Å²) in [4.78, 5) is 11.2. The standard InChI is InChI=1S/C13H22BrNO3/c1-4-10(5-2)18-12-7-9(14)6-11(17)13(12)15-8(3)16/h7,10-13,17H,4-6H2,1-3H3,(H,15,16). The molecule has 3 atom stereocenters. The topological polar surface area (TPSA) is 58.6 Å². The van der Waals surface area contributed by atoms with Crippen LogP contribution in [0.15, 0.2) is 10.6 Å². The van der Waals surface area contributed by atoms with Crippen LogP contribution in [-0.2, 0) is 9.53 Å². The summed E-state index contributed by atoms with van der Waals surface area (Å²) in [6.07, 6.45) is 3.53. The molecule has 0 saturated carbocycles. The summed E-state index contributed by atoms with van der Waals surface area (Å²) in [5, 5.41) is 12.8. The van der Waals surface area contributed by atoms with E-state index in [4.69, 9.17) is 4.74 Å². The van der Waals surface area contributed by atoms with Crippen LogP contribution in [0, 0.1) is 0 Å². The lowest BCUT2D eigenvalue weighted by atomic mass is 9.95. The first kappa shape index (κ1) is 15.7. The van der Waals surface area contributed by atoms with Gasteiger partial charge in [-0.1, -0.05) is 29.8 Å². The van der Waals surface area contributed by atoms with E-state index in [9.17, 15) is 9.90 Å². The zero-order valence-corrected chi connectivity index (χ0v) is 12.7. The van der Waals surface area contributed by atoms with E-state index in [1.54, 1.807) is 0 Å². The lowest BCUT2D eigenvalue weighted by Crippen LogP contribution is -2.53. The highest BCUT2D eigenvalue weighted by atomic mass is 79.9. The van der Waals surface area contributed by atoms with Crippen LogP contribution in [0.2, 0.25) is 0 Å². The minimum Gasteiger partial charge on any atom is -0.391 e. The molecule has 0 radical (unpaired) electrons. The van der Waals surface area contributed by atoms with Gasteiger partial charge in [0, 0.05) is 13.3 Å². The third kappa shape index (κ3) is 4.37. The Morgan fingerprint density at radius 3 is 2.72 bits per heavy atom. The van der Waals surface area contributed by atoms with Crippen LogP contribution >= 0.6 is 15.9 Å². The van der Waals surface area contributed by atoms with Gasteiger partial charge in [-0.15, -0.1) is 0 Å². The number of carbonyl (C=O) groups is 1. The first-order valence-corrected chi connectivity index (χ1v) is 7.24. The summed E-state index contributed by atoms with van der Waals surface area (Å²) < 4.78 is 6.89. The van der Waals surface area contributed by atoms with Gasteiger partial charge in [0.15, 0.2) is 0 Å². The second kappa shape index (κ2) is 7.26. The number of amides is 1. The highest BCUT2D eigenvalue weighted by molar-refractivity contribution is 9.11. The van der Waals surface area contributed by atoms with E-state index in [0.717, 1.165) is 17.3 Å². The number of aliphatic hydroxyl groups is 1. The van der Waals surface area contributed by atoms with E-state index in [1.807, 2.05) is 6.08 Å². The van der Waals surface area contributed by atoms with Crippen molar-refractivity contribution in [1.82, 2.24) is 5.32 Å². The molecule has 0 spiro atoms. The molecule has 0 saturated heterocycles. The van der Waals surface area contributed by atoms with Crippen LogP contribution in [0.3, 0.4) is 0 Å². The van der Waals surface area contributed by atoms with Gasteiger partial charge >= 0.3 is 0 Å². The van der Waals surface area contributed by atoms with E-state index in [-0.39, 0.29) is 24.2 Å². The van der Waals surface area contributed by atoms with Gasteiger partial charge in [0.05, 0.1) is 24.4 Å². The minimum atomic E-state index is -0.618. The third-order valence-corrected chi connectivity index (χ3v) is 3.74. The first-order chi connectivity index (χ1) is 8.47. The first-order valence-electron chi connectivity index (χ1n) is 6.44. The second-order valence-electron chi connectivity index (χ2n) is 4.65. The van der Waals surface area contributed by atoms with Crippen LogP contribution in [0.5, 0.6) is 0 Å². The molecule has 1 aliphatic carbocycles. The van der Waals surface area contributed by atoms with Crippen LogP contribution in [0.1, 0.15) is 40.0 Å². The van der Waals surface area contributed by atoms with E-state index in [0.29, 0.717) is 6.42 Å². The van der Waals surface area contributed by atoms with Gasteiger partial charge in [-0.2, -0.15) is 0 Å². The van der Waals surface area contributed by atoms with Crippen molar-refractivity contribution in [3.05, 3.63) is 10.6 Å².